The molecule has 2 aromatic rings. The third-order valence-corrected chi connectivity index (χ3v) is 4.61. The van der Waals surface area contributed by atoms with Gasteiger partial charge >= 0.3 is 0 Å². The van der Waals surface area contributed by atoms with E-state index in [1.807, 2.05) is 35.4 Å². The Hall–Kier alpha value is -1.78. The Bertz CT molecular complexity index is 685. The molecule has 0 unspecified atom stereocenters. The fourth-order valence-corrected chi connectivity index (χ4v) is 3.19. The Balaban J connectivity index is 1.58. The lowest BCUT2D eigenvalue weighted by Gasteiger charge is -2.31. The summed E-state index contributed by atoms with van der Waals surface area (Å²) in [6, 6.07) is 11.3. The van der Waals surface area contributed by atoms with Gasteiger partial charge in [0.25, 0.3) is 5.82 Å². The van der Waals surface area contributed by atoms with E-state index in [1.54, 1.807) is 12.1 Å². The molecular formula is C17H18Cl2N3O+. The van der Waals surface area contributed by atoms with Gasteiger partial charge in [-0.2, -0.15) is 0 Å². The Morgan fingerprint density at radius 1 is 1.09 bits per heavy atom. The van der Waals surface area contributed by atoms with Crippen molar-refractivity contribution in [3.05, 3.63) is 58.2 Å². The monoisotopic (exact) mass is 350 g/mol. The molecule has 4 nitrogen and oxygen atoms in total. The summed E-state index contributed by atoms with van der Waals surface area (Å²) in [6.07, 6.45) is 2.23. The highest BCUT2D eigenvalue weighted by molar-refractivity contribution is 6.35. The first-order chi connectivity index (χ1) is 11.1. The third kappa shape index (κ3) is 3.95. The van der Waals surface area contributed by atoms with Gasteiger partial charge in [0.05, 0.1) is 25.7 Å². The molecule has 0 spiro atoms. The van der Waals surface area contributed by atoms with Gasteiger partial charge in [-0.1, -0.05) is 35.3 Å². The number of carbonyl (C=O) groups excluding carboxylic acids is 1. The molecule has 23 heavy (non-hydrogen) atoms. The van der Waals surface area contributed by atoms with E-state index in [1.165, 1.54) is 0 Å². The lowest BCUT2D eigenvalue weighted by Crippen LogP contribution is -2.50. The van der Waals surface area contributed by atoms with Crippen molar-refractivity contribution in [1.82, 2.24) is 4.90 Å². The number of aromatic amines is 1. The van der Waals surface area contributed by atoms with E-state index < -0.39 is 0 Å². The zero-order chi connectivity index (χ0) is 16.2. The molecule has 2 heterocycles. The second-order valence-corrected chi connectivity index (χ2v) is 6.37. The molecule has 1 aliphatic heterocycles. The number of anilines is 1. The highest BCUT2D eigenvalue weighted by atomic mass is 35.5. The normalized spacial score (nSPS) is 14.9. The summed E-state index contributed by atoms with van der Waals surface area (Å²) in [5, 5.41) is 1.13. The van der Waals surface area contributed by atoms with Crippen molar-refractivity contribution in [3.63, 3.8) is 0 Å². The van der Waals surface area contributed by atoms with Crippen molar-refractivity contribution >= 4 is 34.9 Å². The van der Waals surface area contributed by atoms with Crippen molar-refractivity contribution < 1.29 is 9.78 Å². The van der Waals surface area contributed by atoms with Gasteiger partial charge in [0.1, 0.15) is 13.1 Å². The van der Waals surface area contributed by atoms with Crippen molar-refractivity contribution in [2.75, 3.05) is 31.1 Å². The summed E-state index contributed by atoms with van der Waals surface area (Å²) in [7, 11) is 0. The average molecular weight is 351 g/mol. The van der Waals surface area contributed by atoms with Crippen LogP contribution in [0, 0.1) is 0 Å². The summed E-state index contributed by atoms with van der Waals surface area (Å²) in [5.41, 5.74) is 0.819. The van der Waals surface area contributed by atoms with Crippen molar-refractivity contribution in [3.8, 4) is 0 Å². The predicted octanol–water partition coefficient (Wildman–Crippen LogP) is 2.70. The summed E-state index contributed by atoms with van der Waals surface area (Å²) in [4.78, 5) is 19.8. The number of nitrogens with one attached hydrogen (secondary N) is 1. The largest absolute Gasteiger partial charge is 0.335 e. The Morgan fingerprint density at radius 3 is 2.52 bits per heavy atom. The molecule has 0 atom stereocenters. The average Bonchev–Trinajstić information content (AvgIpc) is 2.58. The molecule has 1 N–H and O–H groups in total. The molecule has 1 aromatic heterocycles. The second-order valence-electron chi connectivity index (χ2n) is 5.53. The third-order valence-electron chi connectivity index (χ3n) is 4.02. The van der Waals surface area contributed by atoms with Crippen LogP contribution in [0.4, 0.5) is 5.82 Å². The molecule has 1 fully saturated rings. The maximum atomic E-state index is 12.5. The number of rotatable bonds is 3. The van der Waals surface area contributed by atoms with Crippen LogP contribution in [0.2, 0.25) is 10.0 Å². The smallest absolute Gasteiger partial charge is 0.274 e. The topological polar surface area (TPSA) is 37.7 Å². The number of amides is 1. The molecule has 120 valence electrons. The number of hydrogen-bond acceptors (Lipinski definition) is 2. The van der Waals surface area contributed by atoms with E-state index in [4.69, 9.17) is 23.2 Å². The van der Waals surface area contributed by atoms with Gasteiger partial charge < -0.3 is 4.90 Å². The molecule has 1 amide bonds. The molecule has 0 bridgehead atoms. The number of benzene rings is 1. The van der Waals surface area contributed by atoms with Crippen LogP contribution in [-0.2, 0) is 11.2 Å². The zero-order valence-electron chi connectivity index (χ0n) is 12.6. The number of pyridine rings is 1. The molecule has 1 aliphatic rings. The minimum absolute atomic E-state index is 0.103. The van der Waals surface area contributed by atoms with E-state index >= 15 is 0 Å². The summed E-state index contributed by atoms with van der Waals surface area (Å²) >= 11 is 12.0. The van der Waals surface area contributed by atoms with Crippen LogP contribution in [-0.4, -0.2) is 37.0 Å². The first kappa shape index (κ1) is 16.1. The number of H-pyrrole nitrogens is 1. The Morgan fingerprint density at radius 2 is 1.87 bits per heavy atom. The highest BCUT2D eigenvalue weighted by Crippen LogP contribution is 2.22. The standard InChI is InChI=1S/C17H17Cl2N3O/c18-14-5-4-13(15(19)12-14)11-17(23)22-9-7-21(8-10-22)16-3-1-2-6-20-16/h1-6,12H,7-11H2/p+1. The fraction of sp³-hybridized carbons (Fsp3) is 0.294. The van der Waals surface area contributed by atoms with E-state index in [2.05, 4.69) is 9.88 Å². The molecule has 6 heteroatoms. The van der Waals surface area contributed by atoms with Gasteiger partial charge in [-0.25, -0.2) is 4.98 Å². The molecule has 1 aromatic carbocycles. The van der Waals surface area contributed by atoms with Gasteiger partial charge in [-0.05, 0) is 23.8 Å². The number of nitrogens with zero attached hydrogens (tertiary/aromatic N) is 2. The van der Waals surface area contributed by atoms with Gasteiger partial charge in [0.2, 0.25) is 5.91 Å². The molecule has 3 rings (SSSR count). The molecule has 0 aliphatic carbocycles. The van der Waals surface area contributed by atoms with Crippen LogP contribution in [0.5, 0.6) is 0 Å². The van der Waals surface area contributed by atoms with Crippen LogP contribution >= 0.6 is 23.2 Å². The maximum Gasteiger partial charge on any atom is 0.274 e. The van der Waals surface area contributed by atoms with E-state index in [-0.39, 0.29) is 5.91 Å². The second kappa shape index (κ2) is 7.20. The number of piperazine rings is 1. The number of aromatic nitrogens is 1. The number of hydrogen-bond donors (Lipinski definition) is 0. The highest BCUT2D eigenvalue weighted by Gasteiger charge is 2.26. The molecular weight excluding hydrogens is 333 g/mol. The lowest BCUT2D eigenvalue weighted by molar-refractivity contribution is -0.364. The van der Waals surface area contributed by atoms with Crippen LogP contribution in [0.1, 0.15) is 5.56 Å². The van der Waals surface area contributed by atoms with Crippen LogP contribution in [0.15, 0.2) is 42.6 Å². The minimum atomic E-state index is 0.103. The fourth-order valence-electron chi connectivity index (χ4n) is 2.72. The van der Waals surface area contributed by atoms with Gasteiger partial charge in [0.15, 0.2) is 0 Å². The molecule has 0 radical (unpaired) electrons. The summed E-state index contributed by atoms with van der Waals surface area (Å²) in [6.45, 7) is 3.07. The van der Waals surface area contributed by atoms with Crippen LogP contribution < -0.4 is 9.88 Å². The van der Waals surface area contributed by atoms with Gasteiger partial charge in [-0.15, -0.1) is 0 Å². The van der Waals surface area contributed by atoms with Crippen molar-refractivity contribution in [1.29, 1.82) is 0 Å². The van der Waals surface area contributed by atoms with Crippen molar-refractivity contribution in [2.45, 2.75) is 6.42 Å². The van der Waals surface area contributed by atoms with E-state index in [0.717, 1.165) is 24.5 Å². The van der Waals surface area contributed by atoms with E-state index in [9.17, 15) is 4.79 Å². The number of halogens is 2. The Kier molecular flexibility index (Phi) is 5.03. The first-order valence-corrected chi connectivity index (χ1v) is 8.32. The van der Waals surface area contributed by atoms with E-state index in [0.29, 0.717) is 29.6 Å². The summed E-state index contributed by atoms with van der Waals surface area (Å²) in [5.74, 6) is 1.19. The van der Waals surface area contributed by atoms with Gasteiger partial charge in [0, 0.05) is 16.1 Å². The van der Waals surface area contributed by atoms with Crippen molar-refractivity contribution in [2.24, 2.45) is 0 Å². The zero-order valence-corrected chi connectivity index (χ0v) is 14.1. The van der Waals surface area contributed by atoms with Crippen LogP contribution in [0.3, 0.4) is 0 Å². The Labute approximate surface area is 145 Å². The van der Waals surface area contributed by atoms with Gasteiger partial charge in [-0.3, -0.25) is 9.69 Å². The van der Waals surface area contributed by atoms with Crippen LogP contribution in [0.25, 0.3) is 0 Å². The SMILES string of the molecule is O=C(Cc1ccc(Cl)cc1Cl)N1CCN(c2cccc[nH+]2)CC1. The lowest BCUT2D eigenvalue weighted by atomic mass is 10.1. The maximum absolute atomic E-state index is 12.5. The first-order valence-electron chi connectivity index (χ1n) is 7.57. The molecule has 1 saturated heterocycles. The predicted molar refractivity (Wildman–Crippen MR) is 92.0 cm³/mol. The molecule has 0 saturated carbocycles. The minimum Gasteiger partial charge on any atom is -0.335 e. The quantitative estimate of drug-likeness (QED) is 0.853. The number of carbonyl (C=O) groups is 1. The summed E-state index contributed by atoms with van der Waals surface area (Å²) < 4.78 is 0.